The number of rotatable bonds is 6. The topological polar surface area (TPSA) is 77.2 Å². The molecule has 0 aliphatic heterocycles. The van der Waals surface area contributed by atoms with Crippen LogP contribution in [0.25, 0.3) is 22.8 Å². The van der Waals surface area contributed by atoms with Crippen LogP contribution in [0.3, 0.4) is 0 Å². The first-order valence-electron chi connectivity index (χ1n) is 8.75. The van der Waals surface area contributed by atoms with Crippen molar-refractivity contribution in [1.82, 2.24) is 10.1 Å². The molecule has 0 unspecified atom stereocenters. The molecule has 4 rings (SSSR count). The minimum Gasteiger partial charge on any atom is -0.484 e. The molecular formula is C22H17N3O3. The maximum atomic E-state index is 12.0. The number of nitrogens with one attached hydrogen (secondary N) is 1. The average Bonchev–Trinajstić information content (AvgIpc) is 3.24. The quantitative estimate of drug-likeness (QED) is 0.543. The first-order chi connectivity index (χ1) is 13.8. The molecule has 3 aromatic carbocycles. The Morgan fingerprint density at radius 3 is 2.39 bits per heavy atom. The highest BCUT2D eigenvalue weighted by Crippen LogP contribution is 2.25. The van der Waals surface area contributed by atoms with Gasteiger partial charge < -0.3 is 14.6 Å². The van der Waals surface area contributed by atoms with Crippen LogP contribution >= 0.6 is 0 Å². The first kappa shape index (κ1) is 17.5. The third kappa shape index (κ3) is 4.24. The van der Waals surface area contributed by atoms with Gasteiger partial charge in [0.15, 0.2) is 6.61 Å². The zero-order valence-electron chi connectivity index (χ0n) is 14.9. The van der Waals surface area contributed by atoms with Crippen LogP contribution in [0.5, 0.6) is 5.75 Å². The summed E-state index contributed by atoms with van der Waals surface area (Å²) >= 11 is 0. The standard InChI is InChI=1S/C22H17N3O3/c26-20(23-18-11-5-2-6-12-18)15-27-19-13-7-10-17(14-19)22-24-21(25-28-22)16-8-3-1-4-9-16/h1-14H,15H2,(H,23,26). The Hall–Kier alpha value is -3.93. The van der Waals surface area contributed by atoms with Gasteiger partial charge in [-0.3, -0.25) is 4.79 Å². The third-order valence-electron chi connectivity index (χ3n) is 3.97. The van der Waals surface area contributed by atoms with Crippen LogP contribution in [0.15, 0.2) is 89.5 Å². The number of aromatic nitrogens is 2. The number of para-hydroxylation sites is 1. The van der Waals surface area contributed by atoms with Crippen molar-refractivity contribution in [2.45, 2.75) is 0 Å². The van der Waals surface area contributed by atoms with E-state index < -0.39 is 0 Å². The van der Waals surface area contributed by atoms with E-state index in [0.29, 0.717) is 17.5 Å². The number of nitrogens with zero attached hydrogens (tertiary/aromatic N) is 2. The molecule has 1 heterocycles. The van der Waals surface area contributed by atoms with Gasteiger partial charge >= 0.3 is 0 Å². The van der Waals surface area contributed by atoms with Crippen LogP contribution in [-0.2, 0) is 4.79 Å². The molecule has 0 radical (unpaired) electrons. The Kier molecular flexibility index (Phi) is 5.11. The maximum Gasteiger partial charge on any atom is 0.262 e. The average molecular weight is 371 g/mol. The molecule has 1 N–H and O–H groups in total. The van der Waals surface area contributed by atoms with Crippen LogP contribution in [0.2, 0.25) is 0 Å². The van der Waals surface area contributed by atoms with E-state index in [1.54, 1.807) is 12.1 Å². The summed E-state index contributed by atoms with van der Waals surface area (Å²) in [6.07, 6.45) is 0. The molecule has 0 spiro atoms. The van der Waals surface area contributed by atoms with Gasteiger partial charge in [-0.1, -0.05) is 59.8 Å². The van der Waals surface area contributed by atoms with E-state index >= 15 is 0 Å². The maximum absolute atomic E-state index is 12.0. The summed E-state index contributed by atoms with van der Waals surface area (Å²) in [6, 6.07) is 26.0. The van der Waals surface area contributed by atoms with Gasteiger partial charge in [-0.15, -0.1) is 0 Å². The zero-order chi connectivity index (χ0) is 19.2. The van der Waals surface area contributed by atoms with Crippen molar-refractivity contribution in [1.29, 1.82) is 0 Å². The first-order valence-corrected chi connectivity index (χ1v) is 8.75. The molecular weight excluding hydrogens is 354 g/mol. The Labute approximate surface area is 161 Å². The number of carbonyl (C=O) groups excluding carboxylic acids is 1. The van der Waals surface area contributed by atoms with Crippen LogP contribution in [-0.4, -0.2) is 22.7 Å². The van der Waals surface area contributed by atoms with Gasteiger partial charge in [0, 0.05) is 16.8 Å². The summed E-state index contributed by atoms with van der Waals surface area (Å²) in [5, 5.41) is 6.80. The molecule has 1 amide bonds. The van der Waals surface area contributed by atoms with Gasteiger partial charge in [-0.05, 0) is 30.3 Å². The van der Waals surface area contributed by atoms with E-state index in [1.807, 2.05) is 72.8 Å². The second-order valence-electron chi connectivity index (χ2n) is 6.02. The number of hydrogen-bond donors (Lipinski definition) is 1. The fourth-order valence-corrected chi connectivity index (χ4v) is 2.63. The molecule has 4 aromatic rings. The van der Waals surface area contributed by atoms with Gasteiger partial charge in [-0.25, -0.2) is 0 Å². The van der Waals surface area contributed by atoms with E-state index in [2.05, 4.69) is 15.5 Å². The highest BCUT2D eigenvalue weighted by Gasteiger charge is 2.11. The van der Waals surface area contributed by atoms with Crippen molar-refractivity contribution in [3.8, 4) is 28.6 Å². The van der Waals surface area contributed by atoms with Crippen LogP contribution < -0.4 is 10.1 Å². The van der Waals surface area contributed by atoms with Gasteiger partial charge in [0.1, 0.15) is 5.75 Å². The monoisotopic (exact) mass is 371 g/mol. The fraction of sp³-hybridized carbons (Fsp3) is 0.0455. The van der Waals surface area contributed by atoms with Crippen LogP contribution in [0.1, 0.15) is 0 Å². The third-order valence-corrected chi connectivity index (χ3v) is 3.97. The van der Waals surface area contributed by atoms with E-state index in [4.69, 9.17) is 9.26 Å². The SMILES string of the molecule is O=C(COc1cccc(-c2nc(-c3ccccc3)no2)c1)Nc1ccccc1. The molecule has 0 aliphatic carbocycles. The van der Waals surface area contributed by atoms with Crippen molar-refractivity contribution in [2.24, 2.45) is 0 Å². The van der Waals surface area contributed by atoms with Crippen molar-refractivity contribution < 1.29 is 14.1 Å². The van der Waals surface area contributed by atoms with Crippen molar-refractivity contribution in [2.75, 3.05) is 11.9 Å². The van der Waals surface area contributed by atoms with Crippen LogP contribution in [0.4, 0.5) is 5.69 Å². The Morgan fingerprint density at radius 2 is 1.61 bits per heavy atom. The molecule has 0 saturated heterocycles. The lowest BCUT2D eigenvalue weighted by Crippen LogP contribution is -2.20. The summed E-state index contributed by atoms with van der Waals surface area (Å²) in [5.41, 5.74) is 2.32. The molecule has 0 fully saturated rings. The lowest BCUT2D eigenvalue weighted by atomic mass is 10.2. The lowest BCUT2D eigenvalue weighted by molar-refractivity contribution is -0.118. The van der Waals surface area contributed by atoms with Crippen molar-refractivity contribution in [3.63, 3.8) is 0 Å². The highest BCUT2D eigenvalue weighted by atomic mass is 16.5. The molecule has 0 aliphatic rings. The highest BCUT2D eigenvalue weighted by molar-refractivity contribution is 5.91. The molecule has 0 bridgehead atoms. The Bertz CT molecular complexity index is 1060. The molecule has 0 saturated carbocycles. The smallest absolute Gasteiger partial charge is 0.262 e. The largest absolute Gasteiger partial charge is 0.484 e. The zero-order valence-corrected chi connectivity index (χ0v) is 14.9. The number of hydrogen-bond acceptors (Lipinski definition) is 5. The summed E-state index contributed by atoms with van der Waals surface area (Å²) in [6.45, 7) is -0.0998. The summed E-state index contributed by atoms with van der Waals surface area (Å²) in [5.74, 6) is 1.21. The summed E-state index contributed by atoms with van der Waals surface area (Å²) < 4.78 is 11.0. The minimum atomic E-state index is -0.235. The van der Waals surface area contributed by atoms with Crippen LogP contribution in [0, 0.1) is 0 Å². The molecule has 1 aromatic heterocycles. The van der Waals surface area contributed by atoms with Gasteiger partial charge in [0.25, 0.3) is 11.8 Å². The fourth-order valence-electron chi connectivity index (χ4n) is 2.63. The molecule has 6 heteroatoms. The number of carbonyl (C=O) groups is 1. The molecule has 6 nitrogen and oxygen atoms in total. The predicted octanol–water partition coefficient (Wildman–Crippen LogP) is 4.42. The predicted molar refractivity (Wildman–Crippen MR) is 106 cm³/mol. The number of anilines is 1. The number of ether oxygens (including phenoxy) is 1. The van der Waals surface area contributed by atoms with Crippen molar-refractivity contribution in [3.05, 3.63) is 84.9 Å². The van der Waals surface area contributed by atoms with E-state index in [1.165, 1.54) is 0 Å². The summed E-state index contributed by atoms with van der Waals surface area (Å²) in [7, 11) is 0. The molecule has 138 valence electrons. The summed E-state index contributed by atoms with van der Waals surface area (Å²) in [4.78, 5) is 16.5. The second-order valence-corrected chi connectivity index (χ2v) is 6.02. The van der Waals surface area contributed by atoms with Crippen molar-refractivity contribution >= 4 is 11.6 Å². The minimum absolute atomic E-state index is 0.0998. The number of amides is 1. The normalized spacial score (nSPS) is 10.4. The van der Waals surface area contributed by atoms with Gasteiger partial charge in [0.2, 0.25) is 5.82 Å². The molecule has 0 atom stereocenters. The van der Waals surface area contributed by atoms with E-state index in [9.17, 15) is 4.79 Å². The van der Waals surface area contributed by atoms with E-state index in [-0.39, 0.29) is 12.5 Å². The number of benzene rings is 3. The van der Waals surface area contributed by atoms with Gasteiger partial charge in [-0.2, -0.15) is 4.98 Å². The lowest BCUT2D eigenvalue weighted by Gasteiger charge is -2.08. The second kappa shape index (κ2) is 8.18. The van der Waals surface area contributed by atoms with E-state index in [0.717, 1.165) is 16.8 Å². The molecule has 28 heavy (non-hydrogen) atoms. The Balaban J connectivity index is 1.42. The Morgan fingerprint density at radius 1 is 0.893 bits per heavy atom. The van der Waals surface area contributed by atoms with Gasteiger partial charge in [0.05, 0.1) is 0 Å².